The van der Waals surface area contributed by atoms with Crippen molar-refractivity contribution in [1.82, 2.24) is 0 Å². The highest BCUT2D eigenvalue weighted by atomic mass is 32.1. The predicted octanol–water partition coefficient (Wildman–Crippen LogP) is 2.58. The largest absolute Gasteiger partial charge is 0.396 e. The van der Waals surface area contributed by atoms with Crippen molar-refractivity contribution in [3.63, 3.8) is 0 Å². The first-order chi connectivity index (χ1) is 6.20. The molecule has 0 bridgehead atoms. The van der Waals surface area contributed by atoms with Crippen LogP contribution in [0.2, 0.25) is 0 Å². The molecule has 1 saturated carbocycles. The normalized spacial score (nSPS) is 32.1. The molecular weight excluding hydrogens is 180 g/mol. The molecule has 1 aliphatic carbocycles. The number of aliphatic hydroxyl groups is 1. The van der Waals surface area contributed by atoms with Crippen LogP contribution in [-0.2, 0) is 11.8 Å². The Balaban J connectivity index is 2.18. The highest BCUT2D eigenvalue weighted by Gasteiger charge is 2.51. The van der Waals surface area contributed by atoms with Crippen LogP contribution in [0.15, 0.2) is 12.1 Å². The third kappa shape index (κ3) is 1.42. The van der Waals surface area contributed by atoms with E-state index in [0.717, 1.165) is 12.8 Å². The molecule has 0 amide bonds. The van der Waals surface area contributed by atoms with Gasteiger partial charge >= 0.3 is 0 Å². The molecule has 0 saturated heterocycles. The maximum absolute atomic E-state index is 9.07. The Labute approximate surface area is 83.4 Å². The van der Waals surface area contributed by atoms with Gasteiger partial charge in [-0.25, -0.2) is 0 Å². The lowest BCUT2D eigenvalue weighted by Crippen LogP contribution is -2.03. The molecule has 0 aromatic carbocycles. The molecule has 72 valence electrons. The first-order valence-corrected chi connectivity index (χ1v) is 5.72. The van der Waals surface area contributed by atoms with Gasteiger partial charge in [0.25, 0.3) is 0 Å². The van der Waals surface area contributed by atoms with Gasteiger partial charge in [0.2, 0.25) is 0 Å². The lowest BCUT2D eigenvalue weighted by atomic mass is 10.1. The summed E-state index contributed by atoms with van der Waals surface area (Å²) in [5.74, 6) is 0.510. The second kappa shape index (κ2) is 3.10. The average molecular weight is 196 g/mol. The van der Waals surface area contributed by atoms with Gasteiger partial charge in [0.1, 0.15) is 0 Å². The van der Waals surface area contributed by atoms with E-state index < -0.39 is 0 Å². The van der Waals surface area contributed by atoms with Crippen LogP contribution in [0.1, 0.15) is 30.0 Å². The van der Waals surface area contributed by atoms with Gasteiger partial charge in [-0.1, -0.05) is 13.8 Å². The lowest BCUT2D eigenvalue weighted by molar-refractivity contribution is 0.266. The molecule has 2 rings (SSSR count). The van der Waals surface area contributed by atoms with E-state index in [1.807, 2.05) is 11.3 Å². The zero-order valence-corrected chi connectivity index (χ0v) is 9.03. The fourth-order valence-corrected chi connectivity index (χ4v) is 3.08. The van der Waals surface area contributed by atoms with Crippen LogP contribution in [-0.4, -0.2) is 11.7 Å². The minimum atomic E-state index is 0.298. The van der Waals surface area contributed by atoms with Gasteiger partial charge in [-0.05, 0) is 30.9 Å². The molecule has 2 heteroatoms. The van der Waals surface area contributed by atoms with Gasteiger partial charge in [-0.2, -0.15) is 0 Å². The Bertz CT molecular complexity index is 305. The van der Waals surface area contributed by atoms with Crippen molar-refractivity contribution in [3.05, 3.63) is 21.9 Å². The lowest BCUT2D eigenvalue weighted by Gasteiger charge is -2.06. The summed E-state index contributed by atoms with van der Waals surface area (Å²) in [4.78, 5) is 2.92. The smallest absolute Gasteiger partial charge is 0.0468 e. The van der Waals surface area contributed by atoms with Gasteiger partial charge in [0, 0.05) is 21.8 Å². The molecule has 0 aliphatic heterocycles. The minimum Gasteiger partial charge on any atom is -0.396 e. The molecule has 13 heavy (non-hydrogen) atoms. The fourth-order valence-electron chi connectivity index (χ4n) is 1.90. The quantitative estimate of drug-likeness (QED) is 0.788. The molecule has 1 aliphatic rings. The van der Waals surface area contributed by atoms with E-state index in [9.17, 15) is 0 Å². The van der Waals surface area contributed by atoms with Crippen molar-refractivity contribution in [1.29, 1.82) is 0 Å². The number of rotatable bonds is 3. The summed E-state index contributed by atoms with van der Waals surface area (Å²) in [5.41, 5.74) is 0.298. The van der Waals surface area contributed by atoms with Crippen molar-refractivity contribution in [2.45, 2.75) is 32.1 Å². The van der Waals surface area contributed by atoms with E-state index in [1.165, 1.54) is 9.75 Å². The van der Waals surface area contributed by atoms with Crippen molar-refractivity contribution in [2.75, 3.05) is 6.61 Å². The predicted molar refractivity (Wildman–Crippen MR) is 56.2 cm³/mol. The molecule has 1 nitrogen and oxygen atoms in total. The molecule has 2 atom stereocenters. The molecule has 0 radical (unpaired) electrons. The second-order valence-electron chi connectivity index (χ2n) is 4.12. The van der Waals surface area contributed by atoms with E-state index >= 15 is 0 Å². The zero-order valence-electron chi connectivity index (χ0n) is 8.21. The van der Waals surface area contributed by atoms with Crippen molar-refractivity contribution in [3.8, 4) is 0 Å². The summed E-state index contributed by atoms with van der Waals surface area (Å²) in [5, 5.41) is 9.07. The minimum absolute atomic E-state index is 0.298. The van der Waals surface area contributed by atoms with Crippen LogP contribution in [0.5, 0.6) is 0 Å². The zero-order chi connectivity index (χ0) is 9.47. The maximum atomic E-state index is 9.07. The Hall–Kier alpha value is -0.340. The third-order valence-electron chi connectivity index (χ3n) is 3.20. The number of aliphatic hydroxyl groups excluding tert-OH is 1. The fraction of sp³-hybridized carbons (Fsp3) is 0.636. The molecule has 1 heterocycles. The van der Waals surface area contributed by atoms with E-state index in [2.05, 4.69) is 26.0 Å². The molecule has 2 unspecified atom stereocenters. The van der Waals surface area contributed by atoms with Crippen LogP contribution in [0, 0.1) is 5.92 Å². The standard InChI is InChI=1S/C11H16OS/c1-3-9-4-5-10(13-9)11(2)6-8(11)7-12/h4-5,8,12H,3,6-7H2,1-2H3. The SMILES string of the molecule is CCc1ccc(C2(C)CC2CO)s1. The second-order valence-corrected chi connectivity index (χ2v) is 5.29. The summed E-state index contributed by atoms with van der Waals surface area (Å²) in [6, 6.07) is 4.46. The average Bonchev–Trinajstić information content (AvgIpc) is 2.65. The summed E-state index contributed by atoms with van der Waals surface area (Å²) in [7, 11) is 0. The Kier molecular flexibility index (Phi) is 2.20. The molecule has 1 fully saturated rings. The van der Waals surface area contributed by atoms with Gasteiger partial charge in [0.15, 0.2) is 0 Å². The van der Waals surface area contributed by atoms with Gasteiger partial charge < -0.3 is 5.11 Å². The van der Waals surface area contributed by atoms with Crippen molar-refractivity contribution in [2.24, 2.45) is 5.92 Å². The van der Waals surface area contributed by atoms with Gasteiger partial charge in [0.05, 0.1) is 0 Å². The van der Waals surface area contributed by atoms with Crippen molar-refractivity contribution >= 4 is 11.3 Å². The maximum Gasteiger partial charge on any atom is 0.0468 e. The van der Waals surface area contributed by atoms with Crippen molar-refractivity contribution < 1.29 is 5.11 Å². The van der Waals surface area contributed by atoms with E-state index in [1.54, 1.807) is 0 Å². The van der Waals surface area contributed by atoms with Gasteiger partial charge in [-0.15, -0.1) is 11.3 Å². The monoisotopic (exact) mass is 196 g/mol. The number of hydrogen-bond acceptors (Lipinski definition) is 2. The first-order valence-electron chi connectivity index (χ1n) is 4.90. The highest BCUT2D eigenvalue weighted by molar-refractivity contribution is 7.12. The molecule has 1 aromatic heterocycles. The van der Waals surface area contributed by atoms with Crippen LogP contribution in [0.3, 0.4) is 0 Å². The number of aryl methyl sites for hydroxylation is 1. The van der Waals surface area contributed by atoms with E-state index in [0.29, 0.717) is 17.9 Å². The Morgan fingerprint density at radius 3 is 2.85 bits per heavy atom. The van der Waals surface area contributed by atoms with Crippen LogP contribution < -0.4 is 0 Å². The van der Waals surface area contributed by atoms with Gasteiger partial charge in [-0.3, -0.25) is 0 Å². The Morgan fingerprint density at radius 1 is 1.62 bits per heavy atom. The number of hydrogen-bond donors (Lipinski definition) is 1. The summed E-state index contributed by atoms with van der Waals surface area (Å²) >= 11 is 1.91. The van der Waals surface area contributed by atoms with E-state index in [-0.39, 0.29) is 0 Å². The highest BCUT2D eigenvalue weighted by Crippen LogP contribution is 2.55. The summed E-state index contributed by atoms with van der Waals surface area (Å²) in [6.45, 7) is 4.80. The molecule has 1 aromatic rings. The molecular formula is C11H16OS. The van der Waals surface area contributed by atoms with Crippen LogP contribution >= 0.6 is 11.3 Å². The Morgan fingerprint density at radius 2 is 2.38 bits per heavy atom. The summed E-state index contributed by atoms with van der Waals surface area (Å²) in [6.07, 6.45) is 2.29. The van der Waals surface area contributed by atoms with E-state index in [4.69, 9.17) is 5.11 Å². The summed E-state index contributed by atoms with van der Waals surface area (Å²) < 4.78 is 0. The van der Waals surface area contributed by atoms with Crippen LogP contribution in [0.4, 0.5) is 0 Å². The molecule has 1 N–H and O–H groups in total. The first kappa shape index (κ1) is 9.22. The topological polar surface area (TPSA) is 20.2 Å². The van der Waals surface area contributed by atoms with Crippen LogP contribution in [0.25, 0.3) is 0 Å². The molecule has 0 spiro atoms. The third-order valence-corrected chi connectivity index (χ3v) is 4.71. The number of thiophene rings is 1.